The number of aliphatic carboxylic acids is 1. The molecular formula is C24H22N2O2S. The van der Waals surface area contributed by atoms with Gasteiger partial charge in [-0.25, -0.2) is 4.98 Å². The first-order chi connectivity index (χ1) is 14.0. The number of hydrogen-bond acceptors (Lipinski definition) is 4. The summed E-state index contributed by atoms with van der Waals surface area (Å²) in [6.45, 7) is 2.00. The lowest BCUT2D eigenvalue weighted by Crippen LogP contribution is -2.19. The summed E-state index contributed by atoms with van der Waals surface area (Å²) in [5.74, 6) is -0.708. The fraction of sp³-hybridized carbons (Fsp3) is 0.250. The van der Waals surface area contributed by atoms with Crippen LogP contribution in [0, 0.1) is 6.92 Å². The smallest absolute Gasteiger partial charge is 0.314 e. The third-order valence-corrected chi connectivity index (χ3v) is 7.33. The number of carbonyl (C=O) groups is 1. The predicted molar refractivity (Wildman–Crippen MR) is 119 cm³/mol. The van der Waals surface area contributed by atoms with Gasteiger partial charge in [0.1, 0.15) is 4.83 Å². The Morgan fingerprint density at radius 1 is 1.07 bits per heavy atom. The molecule has 3 N–H and O–H groups in total. The number of hydrogen-bond donors (Lipinski definition) is 2. The van der Waals surface area contributed by atoms with Crippen LogP contribution in [0.1, 0.15) is 47.4 Å². The molecule has 2 heterocycles. The monoisotopic (exact) mass is 402 g/mol. The van der Waals surface area contributed by atoms with Crippen molar-refractivity contribution >= 4 is 44.4 Å². The summed E-state index contributed by atoms with van der Waals surface area (Å²) in [4.78, 5) is 18.3. The van der Waals surface area contributed by atoms with Gasteiger partial charge in [-0.15, -0.1) is 11.3 Å². The molecule has 0 aliphatic heterocycles. The number of allylic oxidation sites excluding steroid dienone is 4. The highest BCUT2D eigenvalue weighted by molar-refractivity contribution is 7.20. The molecule has 1 aromatic carbocycles. The highest BCUT2D eigenvalue weighted by Crippen LogP contribution is 2.48. The van der Waals surface area contributed by atoms with Gasteiger partial charge in [-0.05, 0) is 67.0 Å². The maximum Gasteiger partial charge on any atom is 0.314 e. The summed E-state index contributed by atoms with van der Waals surface area (Å²) in [5, 5.41) is 10.5. The summed E-state index contributed by atoms with van der Waals surface area (Å²) in [5.41, 5.74) is 12.2. The van der Waals surface area contributed by atoms with Crippen LogP contribution >= 0.6 is 11.3 Å². The minimum Gasteiger partial charge on any atom is -0.481 e. The van der Waals surface area contributed by atoms with E-state index < -0.39 is 11.4 Å². The van der Waals surface area contributed by atoms with Crippen LogP contribution in [0.3, 0.4) is 0 Å². The number of fused-ring (bicyclic) bond motifs is 1. The highest BCUT2D eigenvalue weighted by atomic mass is 32.1. The number of aromatic nitrogens is 1. The van der Waals surface area contributed by atoms with Crippen molar-refractivity contribution in [1.29, 1.82) is 0 Å². The van der Waals surface area contributed by atoms with Crippen LogP contribution in [0.25, 0.3) is 21.4 Å². The van der Waals surface area contributed by atoms with Gasteiger partial charge in [-0.1, -0.05) is 36.4 Å². The standard InChI is InChI=1S/C24H22N2O2S/c1-14-2-11-19-20(25)21(29-22(19)26-14)17-5-3-15(4-6-17)16-7-9-18(10-8-16)24(12-13-24)23(27)28/h2-3,5,7-11H,4,6,12-13,25H2,1H3,(H,27,28). The largest absolute Gasteiger partial charge is 0.481 e. The van der Waals surface area contributed by atoms with Crippen molar-refractivity contribution in [2.45, 2.75) is 38.0 Å². The Balaban J connectivity index is 1.43. The van der Waals surface area contributed by atoms with Crippen molar-refractivity contribution in [3.05, 3.63) is 70.2 Å². The van der Waals surface area contributed by atoms with Gasteiger partial charge in [0.25, 0.3) is 0 Å². The molecule has 2 aromatic heterocycles. The SMILES string of the molecule is Cc1ccc2c(N)c(C3=CC=C(c4ccc(C5(C(=O)O)CC5)cc4)CC3)sc2n1. The van der Waals surface area contributed by atoms with E-state index in [-0.39, 0.29) is 0 Å². The van der Waals surface area contributed by atoms with Crippen molar-refractivity contribution < 1.29 is 9.90 Å². The van der Waals surface area contributed by atoms with Gasteiger partial charge in [0, 0.05) is 11.1 Å². The Hall–Kier alpha value is -2.92. The van der Waals surface area contributed by atoms with E-state index in [1.54, 1.807) is 11.3 Å². The molecule has 1 fully saturated rings. The number of anilines is 1. The number of nitrogen functional groups attached to an aromatic ring is 1. The Morgan fingerprint density at radius 3 is 2.38 bits per heavy atom. The number of carboxylic acid groups (broad SMARTS) is 1. The molecule has 29 heavy (non-hydrogen) atoms. The van der Waals surface area contributed by atoms with Crippen LogP contribution in [0.15, 0.2) is 48.6 Å². The lowest BCUT2D eigenvalue weighted by molar-refractivity contribution is -0.140. The van der Waals surface area contributed by atoms with Gasteiger partial charge >= 0.3 is 5.97 Å². The average molecular weight is 403 g/mol. The number of rotatable bonds is 4. The molecule has 2 aliphatic carbocycles. The number of nitrogens with two attached hydrogens (primary N) is 1. The molecule has 0 saturated heterocycles. The van der Waals surface area contributed by atoms with E-state index in [0.717, 1.165) is 63.3 Å². The van der Waals surface area contributed by atoms with Crippen LogP contribution in [-0.4, -0.2) is 16.1 Å². The van der Waals surface area contributed by atoms with Crippen molar-refractivity contribution in [1.82, 2.24) is 4.98 Å². The summed E-state index contributed by atoms with van der Waals surface area (Å²) in [6.07, 6.45) is 7.68. The first-order valence-electron chi connectivity index (χ1n) is 9.88. The molecule has 5 heteroatoms. The Morgan fingerprint density at radius 2 is 1.76 bits per heavy atom. The van der Waals surface area contributed by atoms with E-state index >= 15 is 0 Å². The van der Waals surface area contributed by atoms with E-state index in [0.29, 0.717) is 0 Å². The number of benzene rings is 1. The minimum atomic E-state index is -0.708. The van der Waals surface area contributed by atoms with Crippen LogP contribution in [0.4, 0.5) is 5.69 Å². The number of thiophene rings is 1. The van der Waals surface area contributed by atoms with Crippen molar-refractivity contribution in [3.63, 3.8) is 0 Å². The van der Waals surface area contributed by atoms with Crippen molar-refractivity contribution in [2.24, 2.45) is 0 Å². The zero-order chi connectivity index (χ0) is 20.2. The molecule has 0 amide bonds. The number of aryl methyl sites for hydroxylation is 1. The van der Waals surface area contributed by atoms with E-state index in [1.807, 2.05) is 25.1 Å². The summed E-state index contributed by atoms with van der Waals surface area (Å²) < 4.78 is 0. The fourth-order valence-electron chi connectivity index (χ4n) is 4.15. The number of nitrogens with zero attached hydrogens (tertiary/aromatic N) is 1. The molecule has 3 aromatic rings. The lowest BCUT2D eigenvalue weighted by Gasteiger charge is -2.16. The minimum absolute atomic E-state index is 0.641. The molecule has 0 radical (unpaired) electrons. The van der Waals surface area contributed by atoms with Crippen molar-refractivity contribution in [3.8, 4) is 0 Å². The van der Waals surface area contributed by atoms with Crippen LogP contribution in [0.5, 0.6) is 0 Å². The van der Waals surface area contributed by atoms with E-state index in [2.05, 4.69) is 35.3 Å². The quantitative estimate of drug-likeness (QED) is 0.599. The third-order valence-electron chi connectivity index (χ3n) is 6.14. The summed E-state index contributed by atoms with van der Waals surface area (Å²) in [6, 6.07) is 12.1. The zero-order valence-electron chi connectivity index (χ0n) is 16.2. The van der Waals surface area contributed by atoms with Gasteiger partial charge in [0.05, 0.1) is 16.0 Å². The Labute approximate surface area is 173 Å². The lowest BCUT2D eigenvalue weighted by atomic mass is 9.89. The maximum atomic E-state index is 11.5. The van der Waals surface area contributed by atoms with E-state index in [9.17, 15) is 9.90 Å². The molecule has 0 bridgehead atoms. The van der Waals surface area contributed by atoms with Gasteiger partial charge in [-0.2, -0.15) is 0 Å². The normalized spacial score (nSPS) is 17.7. The second-order valence-corrected chi connectivity index (χ2v) is 9.00. The number of carboxylic acids is 1. The molecule has 2 aliphatic rings. The van der Waals surface area contributed by atoms with Gasteiger partial charge in [0.15, 0.2) is 0 Å². The Bertz CT molecular complexity index is 1200. The summed E-state index contributed by atoms with van der Waals surface area (Å²) in [7, 11) is 0. The second-order valence-electron chi connectivity index (χ2n) is 8.00. The molecule has 4 nitrogen and oxygen atoms in total. The molecule has 5 rings (SSSR count). The van der Waals surface area contributed by atoms with E-state index in [4.69, 9.17) is 5.73 Å². The molecular weight excluding hydrogens is 380 g/mol. The fourth-order valence-corrected chi connectivity index (χ4v) is 5.34. The average Bonchev–Trinajstić information content (AvgIpc) is 3.48. The van der Waals surface area contributed by atoms with Crippen molar-refractivity contribution in [2.75, 3.05) is 5.73 Å². The van der Waals surface area contributed by atoms with Crippen LogP contribution in [-0.2, 0) is 10.2 Å². The molecule has 0 spiro atoms. The molecule has 0 unspecified atom stereocenters. The van der Waals surface area contributed by atoms with E-state index in [1.165, 1.54) is 11.1 Å². The topological polar surface area (TPSA) is 76.2 Å². The zero-order valence-corrected chi connectivity index (χ0v) is 17.1. The van der Waals surface area contributed by atoms with Crippen LogP contribution < -0.4 is 5.73 Å². The van der Waals surface area contributed by atoms with Gasteiger partial charge in [0.2, 0.25) is 0 Å². The molecule has 1 saturated carbocycles. The first-order valence-corrected chi connectivity index (χ1v) is 10.7. The second kappa shape index (κ2) is 6.56. The third kappa shape index (κ3) is 2.97. The summed E-state index contributed by atoms with van der Waals surface area (Å²) >= 11 is 1.67. The maximum absolute atomic E-state index is 11.5. The molecule has 146 valence electrons. The van der Waals surface area contributed by atoms with Gasteiger partial charge in [-0.3, -0.25) is 4.79 Å². The first kappa shape index (κ1) is 18.1. The Kier molecular flexibility index (Phi) is 4.10. The van der Waals surface area contributed by atoms with Gasteiger partial charge < -0.3 is 10.8 Å². The number of pyridine rings is 1. The molecule has 0 atom stereocenters. The predicted octanol–water partition coefficient (Wildman–Crippen LogP) is 5.56. The highest BCUT2D eigenvalue weighted by Gasteiger charge is 2.51. The van der Waals surface area contributed by atoms with Crippen LogP contribution in [0.2, 0.25) is 0 Å².